The summed E-state index contributed by atoms with van der Waals surface area (Å²) in [4.78, 5) is 11.4. The molecular formula is C11H10N2O3S. The number of hydrogen-bond acceptors (Lipinski definition) is 5. The molecule has 0 aliphatic heterocycles. The minimum Gasteiger partial charge on any atom is -0.354 e. The molecule has 0 atom stereocenters. The highest BCUT2D eigenvalue weighted by Crippen LogP contribution is 2.25. The Morgan fingerprint density at radius 1 is 1.47 bits per heavy atom. The molecule has 88 valence electrons. The largest absolute Gasteiger partial charge is 0.354 e. The lowest BCUT2D eigenvalue weighted by molar-refractivity contribution is -0.386. The fourth-order valence-corrected chi connectivity index (χ4v) is 2.25. The van der Waals surface area contributed by atoms with Crippen molar-refractivity contribution >= 4 is 29.2 Å². The molecule has 17 heavy (non-hydrogen) atoms. The molecule has 0 amide bonds. The summed E-state index contributed by atoms with van der Waals surface area (Å²) < 4.78 is 4.82. The summed E-state index contributed by atoms with van der Waals surface area (Å²) in [6.07, 6.45) is 3.41. The van der Waals surface area contributed by atoms with Crippen molar-refractivity contribution in [3.63, 3.8) is 0 Å². The van der Waals surface area contributed by atoms with E-state index in [-0.39, 0.29) is 17.1 Å². The van der Waals surface area contributed by atoms with Gasteiger partial charge in [-0.15, -0.1) is 11.3 Å². The second kappa shape index (κ2) is 4.50. The molecule has 0 bridgehead atoms. The van der Waals surface area contributed by atoms with Crippen molar-refractivity contribution in [3.8, 4) is 0 Å². The lowest BCUT2D eigenvalue weighted by atomic mass is 10.2. The van der Waals surface area contributed by atoms with Gasteiger partial charge in [-0.1, -0.05) is 5.16 Å². The van der Waals surface area contributed by atoms with Crippen molar-refractivity contribution in [2.45, 2.75) is 13.8 Å². The van der Waals surface area contributed by atoms with Crippen LogP contribution in [0.15, 0.2) is 16.0 Å². The molecule has 0 unspecified atom stereocenters. The number of nitro groups is 1. The van der Waals surface area contributed by atoms with E-state index >= 15 is 0 Å². The van der Waals surface area contributed by atoms with E-state index in [9.17, 15) is 10.1 Å². The zero-order valence-corrected chi connectivity index (χ0v) is 10.2. The molecule has 2 aromatic heterocycles. The molecule has 0 aromatic carbocycles. The van der Waals surface area contributed by atoms with Crippen LogP contribution in [0.25, 0.3) is 12.2 Å². The second-order valence-corrected chi connectivity index (χ2v) is 4.48. The average molecular weight is 250 g/mol. The first-order chi connectivity index (χ1) is 8.09. The van der Waals surface area contributed by atoms with E-state index in [1.54, 1.807) is 17.4 Å². The first kappa shape index (κ1) is 11.5. The zero-order chi connectivity index (χ0) is 12.4. The monoisotopic (exact) mass is 250 g/mol. The predicted molar refractivity (Wildman–Crippen MR) is 65.9 cm³/mol. The van der Waals surface area contributed by atoms with Crippen molar-refractivity contribution in [2.75, 3.05) is 0 Å². The van der Waals surface area contributed by atoms with Crippen LogP contribution in [-0.4, -0.2) is 10.1 Å². The van der Waals surface area contributed by atoms with Gasteiger partial charge in [0.1, 0.15) is 0 Å². The highest BCUT2D eigenvalue weighted by Gasteiger charge is 2.21. The quantitative estimate of drug-likeness (QED) is 0.618. The van der Waals surface area contributed by atoms with Crippen molar-refractivity contribution in [2.24, 2.45) is 0 Å². The molecule has 2 aromatic rings. The van der Waals surface area contributed by atoms with E-state index in [0.29, 0.717) is 0 Å². The maximum absolute atomic E-state index is 10.8. The van der Waals surface area contributed by atoms with Crippen LogP contribution in [0.3, 0.4) is 0 Å². The van der Waals surface area contributed by atoms with Crippen molar-refractivity contribution in [1.29, 1.82) is 0 Å². The number of aromatic nitrogens is 1. The minimum atomic E-state index is -0.479. The molecular weight excluding hydrogens is 240 g/mol. The molecule has 0 saturated heterocycles. The first-order valence-electron chi connectivity index (χ1n) is 4.92. The summed E-state index contributed by atoms with van der Waals surface area (Å²) in [6.45, 7) is 3.51. The van der Waals surface area contributed by atoms with E-state index in [1.165, 1.54) is 6.92 Å². The fourth-order valence-electron chi connectivity index (χ4n) is 1.43. The molecule has 0 N–H and O–H groups in total. The molecule has 0 aliphatic rings. The van der Waals surface area contributed by atoms with E-state index in [0.717, 1.165) is 10.4 Å². The normalized spacial score (nSPS) is 11.2. The second-order valence-electron chi connectivity index (χ2n) is 3.53. The molecule has 2 rings (SSSR count). The highest BCUT2D eigenvalue weighted by molar-refractivity contribution is 7.11. The number of hydrogen-bond donors (Lipinski definition) is 0. The maximum atomic E-state index is 10.8. The van der Waals surface area contributed by atoms with Gasteiger partial charge >= 0.3 is 5.69 Å². The van der Waals surface area contributed by atoms with Crippen LogP contribution >= 0.6 is 11.3 Å². The minimum absolute atomic E-state index is 0.0736. The van der Waals surface area contributed by atoms with Crippen molar-refractivity contribution < 1.29 is 9.45 Å². The lowest BCUT2D eigenvalue weighted by Gasteiger charge is -1.89. The van der Waals surface area contributed by atoms with Crippen molar-refractivity contribution in [1.82, 2.24) is 5.16 Å². The SMILES string of the molecule is Cc1ccsc1/C=C/c1noc(C)c1[N+](=O)[O-]. The van der Waals surface area contributed by atoms with Gasteiger partial charge in [0.05, 0.1) is 4.92 Å². The Labute approximate surface area is 102 Å². The van der Waals surface area contributed by atoms with Gasteiger partial charge in [-0.05, 0) is 36.1 Å². The zero-order valence-electron chi connectivity index (χ0n) is 9.34. The van der Waals surface area contributed by atoms with E-state index < -0.39 is 4.92 Å². The summed E-state index contributed by atoms with van der Waals surface area (Å²) in [6, 6.07) is 1.99. The third-order valence-corrected chi connectivity index (χ3v) is 3.32. The molecule has 0 saturated carbocycles. The van der Waals surface area contributed by atoms with Gasteiger partial charge in [-0.25, -0.2) is 0 Å². The summed E-state index contributed by atoms with van der Waals surface area (Å²) in [7, 11) is 0. The third-order valence-electron chi connectivity index (χ3n) is 2.33. The smallest absolute Gasteiger partial charge is 0.338 e. The first-order valence-corrected chi connectivity index (χ1v) is 5.80. The third kappa shape index (κ3) is 2.26. The van der Waals surface area contributed by atoms with Crippen LogP contribution in [0.2, 0.25) is 0 Å². The number of rotatable bonds is 3. The molecule has 6 heteroatoms. The van der Waals surface area contributed by atoms with E-state index in [4.69, 9.17) is 4.52 Å². The Morgan fingerprint density at radius 2 is 2.24 bits per heavy atom. The van der Waals surface area contributed by atoms with Gasteiger partial charge in [0.2, 0.25) is 5.76 Å². The fraction of sp³-hybridized carbons (Fsp3) is 0.182. The Kier molecular flexibility index (Phi) is 3.06. The van der Waals surface area contributed by atoms with Crippen LogP contribution in [-0.2, 0) is 0 Å². The predicted octanol–water partition coefficient (Wildman–Crippen LogP) is 3.43. The number of aryl methyl sites for hydroxylation is 2. The standard InChI is InChI=1S/C11H10N2O3S/c1-7-5-6-17-10(7)4-3-9-11(13(14)15)8(2)16-12-9/h3-6H,1-2H3/b4-3+. The molecule has 2 heterocycles. The molecule has 0 radical (unpaired) electrons. The van der Waals surface area contributed by atoms with E-state index in [2.05, 4.69) is 5.16 Å². The van der Waals surface area contributed by atoms with Gasteiger partial charge in [0.15, 0.2) is 5.69 Å². The lowest BCUT2D eigenvalue weighted by Crippen LogP contribution is -1.90. The Balaban J connectivity index is 2.34. The Bertz CT molecular complexity index is 583. The number of thiophene rings is 1. The Hall–Kier alpha value is -1.95. The molecule has 5 nitrogen and oxygen atoms in total. The number of nitrogens with zero attached hydrogens (tertiary/aromatic N) is 2. The summed E-state index contributed by atoms with van der Waals surface area (Å²) in [5.41, 5.74) is 1.31. The summed E-state index contributed by atoms with van der Waals surface area (Å²) in [5, 5.41) is 16.4. The van der Waals surface area contributed by atoms with Gasteiger partial charge < -0.3 is 4.52 Å². The van der Waals surface area contributed by atoms with Crippen LogP contribution in [0.1, 0.15) is 21.9 Å². The Morgan fingerprint density at radius 3 is 2.82 bits per heavy atom. The van der Waals surface area contributed by atoms with E-state index in [1.807, 2.05) is 24.4 Å². The average Bonchev–Trinajstić information content (AvgIpc) is 2.82. The van der Waals surface area contributed by atoms with Gasteiger partial charge in [-0.2, -0.15) is 0 Å². The maximum Gasteiger partial charge on any atom is 0.338 e. The van der Waals surface area contributed by atoms with Crippen LogP contribution < -0.4 is 0 Å². The van der Waals surface area contributed by atoms with Crippen LogP contribution in [0.5, 0.6) is 0 Å². The van der Waals surface area contributed by atoms with Gasteiger partial charge in [-0.3, -0.25) is 10.1 Å². The highest BCUT2D eigenvalue weighted by atomic mass is 32.1. The summed E-state index contributed by atoms with van der Waals surface area (Å²) >= 11 is 1.57. The topological polar surface area (TPSA) is 69.2 Å². The van der Waals surface area contributed by atoms with Gasteiger partial charge in [0.25, 0.3) is 0 Å². The summed E-state index contributed by atoms with van der Waals surface area (Å²) in [5.74, 6) is 0.220. The molecule has 0 spiro atoms. The molecule has 0 aliphatic carbocycles. The van der Waals surface area contributed by atoms with Gasteiger partial charge in [0, 0.05) is 11.8 Å². The van der Waals surface area contributed by atoms with Crippen LogP contribution in [0, 0.1) is 24.0 Å². The molecule has 0 fully saturated rings. The van der Waals surface area contributed by atoms with Crippen LogP contribution in [0.4, 0.5) is 5.69 Å². The van der Waals surface area contributed by atoms with Crippen molar-refractivity contribution in [3.05, 3.63) is 43.5 Å².